The average Bonchev–Trinajstić information content (AvgIpc) is 2.53. The molecule has 0 bridgehead atoms. The fraction of sp³-hybridized carbons (Fsp3) is 0.438. The molecule has 0 spiro atoms. The summed E-state index contributed by atoms with van der Waals surface area (Å²) in [4.78, 5) is 14.2. The fourth-order valence-electron chi connectivity index (χ4n) is 2.47. The lowest BCUT2D eigenvalue weighted by atomic mass is 10.1. The largest absolute Gasteiger partial charge is 0.466 e. The summed E-state index contributed by atoms with van der Waals surface area (Å²) in [6.45, 7) is 1.79. The Labute approximate surface area is 120 Å². The van der Waals surface area contributed by atoms with Gasteiger partial charge in [-0.15, -0.1) is 6.42 Å². The summed E-state index contributed by atoms with van der Waals surface area (Å²) in [5, 5.41) is 3.23. The van der Waals surface area contributed by atoms with E-state index in [-0.39, 0.29) is 5.97 Å². The van der Waals surface area contributed by atoms with Crippen LogP contribution in [-0.2, 0) is 9.53 Å². The van der Waals surface area contributed by atoms with Crippen molar-refractivity contribution < 1.29 is 9.53 Å². The predicted molar refractivity (Wildman–Crippen MR) is 79.2 cm³/mol. The van der Waals surface area contributed by atoms with Crippen LogP contribution in [-0.4, -0.2) is 37.2 Å². The molecule has 1 aliphatic rings. The zero-order valence-electron chi connectivity index (χ0n) is 11.8. The van der Waals surface area contributed by atoms with Gasteiger partial charge in [0.05, 0.1) is 12.8 Å². The van der Waals surface area contributed by atoms with E-state index in [2.05, 4.69) is 16.1 Å². The van der Waals surface area contributed by atoms with Crippen molar-refractivity contribution in [1.82, 2.24) is 4.90 Å². The van der Waals surface area contributed by atoms with Gasteiger partial charge in [-0.1, -0.05) is 24.5 Å². The second kappa shape index (κ2) is 6.97. The van der Waals surface area contributed by atoms with Gasteiger partial charge in [-0.3, -0.25) is 4.90 Å². The number of esters is 1. The van der Waals surface area contributed by atoms with E-state index in [1.54, 1.807) is 0 Å². The number of rotatable bonds is 4. The summed E-state index contributed by atoms with van der Waals surface area (Å²) >= 11 is 0. The Morgan fingerprint density at radius 3 is 2.70 bits per heavy atom. The minimum absolute atomic E-state index is 0.279. The topological polar surface area (TPSA) is 41.6 Å². The molecule has 0 saturated carbocycles. The Bertz CT molecular complexity index is 501. The van der Waals surface area contributed by atoms with Gasteiger partial charge in [-0.05, 0) is 25.0 Å². The number of hydrogen-bond donors (Lipinski definition) is 1. The number of benzene rings is 1. The molecule has 1 atom stereocenters. The van der Waals surface area contributed by atoms with E-state index < -0.39 is 6.17 Å². The minimum Gasteiger partial charge on any atom is -0.466 e. The summed E-state index contributed by atoms with van der Waals surface area (Å²) in [5.74, 6) is 2.35. The molecule has 1 aromatic carbocycles. The summed E-state index contributed by atoms with van der Waals surface area (Å²) in [6.07, 6.45) is 8.44. The molecule has 0 aromatic heterocycles. The second-order valence-electron chi connectivity index (χ2n) is 4.86. The molecule has 1 aromatic rings. The summed E-state index contributed by atoms with van der Waals surface area (Å²) in [5.41, 5.74) is 1.54. The van der Waals surface area contributed by atoms with Crippen LogP contribution in [0.15, 0.2) is 24.3 Å². The molecule has 1 heterocycles. The smallest absolute Gasteiger partial charge is 0.343 e. The van der Waals surface area contributed by atoms with E-state index >= 15 is 0 Å². The van der Waals surface area contributed by atoms with E-state index in [9.17, 15) is 4.79 Å². The Morgan fingerprint density at radius 2 is 2.05 bits per heavy atom. The third-order valence-corrected chi connectivity index (χ3v) is 3.56. The predicted octanol–water partition coefficient (Wildman–Crippen LogP) is 2.06. The van der Waals surface area contributed by atoms with Gasteiger partial charge in [-0.2, -0.15) is 0 Å². The van der Waals surface area contributed by atoms with Crippen molar-refractivity contribution in [3.63, 3.8) is 0 Å². The molecule has 1 fully saturated rings. The van der Waals surface area contributed by atoms with E-state index in [1.807, 2.05) is 24.3 Å². The Balaban J connectivity index is 2.19. The van der Waals surface area contributed by atoms with E-state index in [0.717, 1.165) is 37.2 Å². The molecule has 1 aliphatic heterocycles. The number of nitrogens with one attached hydrogen (secondary N) is 1. The molecule has 0 aliphatic carbocycles. The quantitative estimate of drug-likeness (QED) is 0.673. The van der Waals surface area contributed by atoms with Crippen molar-refractivity contribution >= 4 is 11.7 Å². The SMILES string of the molecule is C#Cc1ccccc1NC(C(=O)OC)N1CCCCC1. The van der Waals surface area contributed by atoms with Crippen LogP contribution < -0.4 is 5.32 Å². The molecule has 1 unspecified atom stereocenters. The number of hydrogen-bond acceptors (Lipinski definition) is 4. The van der Waals surface area contributed by atoms with E-state index in [0.29, 0.717) is 0 Å². The molecule has 20 heavy (non-hydrogen) atoms. The van der Waals surface area contributed by atoms with Crippen LogP contribution in [0, 0.1) is 12.3 Å². The monoisotopic (exact) mass is 272 g/mol. The number of carbonyl (C=O) groups is 1. The first-order valence-corrected chi connectivity index (χ1v) is 6.90. The first-order chi connectivity index (χ1) is 9.76. The van der Waals surface area contributed by atoms with Crippen molar-refractivity contribution in [2.75, 3.05) is 25.5 Å². The van der Waals surface area contributed by atoms with Gasteiger partial charge in [0.15, 0.2) is 6.17 Å². The van der Waals surface area contributed by atoms with Crippen molar-refractivity contribution in [3.05, 3.63) is 29.8 Å². The van der Waals surface area contributed by atoms with Gasteiger partial charge in [0, 0.05) is 18.7 Å². The third-order valence-electron chi connectivity index (χ3n) is 3.56. The highest BCUT2D eigenvalue weighted by Crippen LogP contribution is 2.19. The number of terminal acetylenes is 1. The summed E-state index contributed by atoms with van der Waals surface area (Å²) in [6, 6.07) is 7.52. The van der Waals surface area contributed by atoms with Crippen molar-refractivity contribution in [2.45, 2.75) is 25.4 Å². The lowest BCUT2D eigenvalue weighted by Gasteiger charge is -2.33. The molecule has 1 N–H and O–H groups in total. The summed E-state index contributed by atoms with van der Waals surface area (Å²) in [7, 11) is 1.41. The number of likely N-dealkylation sites (tertiary alicyclic amines) is 1. The number of ether oxygens (including phenoxy) is 1. The van der Waals surface area contributed by atoms with Crippen molar-refractivity contribution in [3.8, 4) is 12.3 Å². The summed E-state index contributed by atoms with van der Waals surface area (Å²) < 4.78 is 4.92. The first kappa shape index (κ1) is 14.4. The molecule has 2 rings (SSSR count). The number of para-hydroxylation sites is 1. The normalized spacial score (nSPS) is 17.0. The number of carbonyl (C=O) groups excluding carboxylic acids is 1. The highest BCUT2D eigenvalue weighted by atomic mass is 16.5. The number of nitrogens with zero attached hydrogens (tertiary/aromatic N) is 1. The Kier molecular flexibility index (Phi) is 5.03. The van der Waals surface area contributed by atoms with Gasteiger partial charge < -0.3 is 10.1 Å². The highest BCUT2D eigenvalue weighted by Gasteiger charge is 2.28. The van der Waals surface area contributed by atoms with Crippen LogP contribution in [0.1, 0.15) is 24.8 Å². The van der Waals surface area contributed by atoms with Crippen LogP contribution in [0.5, 0.6) is 0 Å². The molecular formula is C16H20N2O2. The van der Waals surface area contributed by atoms with Crippen LogP contribution >= 0.6 is 0 Å². The minimum atomic E-state index is -0.477. The first-order valence-electron chi connectivity index (χ1n) is 6.90. The van der Waals surface area contributed by atoms with Gasteiger partial charge in [0.1, 0.15) is 0 Å². The highest BCUT2D eigenvalue weighted by molar-refractivity contribution is 5.79. The van der Waals surface area contributed by atoms with Gasteiger partial charge in [-0.25, -0.2) is 4.79 Å². The zero-order valence-corrected chi connectivity index (χ0v) is 11.8. The maximum absolute atomic E-state index is 12.0. The molecule has 106 valence electrons. The van der Waals surface area contributed by atoms with Crippen LogP contribution in [0.2, 0.25) is 0 Å². The van der Waals surface area contributed by atoms with Crippen molar-refractivity contribution in [2.24, 2.45) is 0 Å². The molecule has 0 radical (unpaired) electrons. The molecule has 4 nitrogen and oxygen atoms in total. The lowest BCUT2D eigenvalue weighted by Crippen LogP contribution is -2.49. The van der Waals surface area contributed by atoms with E-state index in [4.69, 9.17) is 11.2 Å². The number of methoxy groups -OCH3 is 1. The standard InChI is InChI=1S/C16H20N2O2/c1-3-13-9-5-6-10-14(13)17-15(16(19)20-2)18-11-7-4-8-12-18/h1,5-6,9-10,15,17H,4,7-8,11-12H2,2H3. The van der Waals surface area contributed by atoms with Gasteiger partial charge >= 0.3 is 5.97 Å². The van der Waals surface area contributed by atoms with Crippen LogP contribution in [0.4, 0.5) is 5.69 Å². The van der Waals surface area contributed by atoms with Crippen molar-refractivity contribution in [1.29, 1.82) is 0 Å². The van der Waals surface area contributed by atoms with Crippen LogP contribution in [0.3, 0.4) is 0 Å². The third kappa shape index (κ3) is 3.31. The number of anilines is 1. The van der Waals surface area contributed by atoms with Gasteiger partial charge in [0.25, 0.3) is 0 Å². The second-order valence-corrected chi connectivity index (χ2v) is 4.86. The molecule has 1 saturated heterocycles. The van der Waals surface area contributed by atoms with Crippen LogP contribution in [0.25, 0.3) is 0 Å². The Morgan fingerprint density at radius 1 is 1.35 bits per heavy atom. The fourth-order valence-corrected chi connectivity index (χ4v) is 2.47. The lowest BCUT2D eigenvalue weighted by molar-refractivity contribution is -0.146. The molecular weight excluding hydrogens is 252 g/mol. The van der Waals surface area contributed by atoms with Gasteiger partial charge in [0.2, 0.25) is 0 Å². The zero-order chi connectivity index (χ0) is 14.4. The average molecular weight is 272 g/mol. The molecule has 0 amide bonds. The number of piperidine rings is 1. The maximum atomic E-state index is 12.0. The van der Waals surface area contributed by atoms with E-state index in [1.165, 1.54) is 13.5 Å². The molecule has 4 heteroatoms. The maximum Gasteiger partial charge on any atom is 0.343 e. The Hall–Kier alpha value is -1.99.